The third-order valence-electron chi connectivity index (χ3n) is 3.45. The van der Waals surface area contributed by atoms with Crippen LogP contribution in [-0.4, -0.2) is 20.9 Å². The Morgan fingerprint density at radius 3 is 2.45 bits per heavy atom. The van der Waals surface area contributed by atoms with Crippen molar-refractivity contribution in [1.29, 1.82) is 0 Å². The van der Waals surface area contributed by atoms with E-state index < -0.39 is 0 Å². The van der Waals surface area contributed by atoms with E-state index in [-0.39, 0.29) is 0 Å². The van der Waals surface area contributed by atoms with Gasteiger partial charge in [0.1, 0.15) is 10.7 Å². The lowest BCUT2D eigenvalue weighted by molar-refractivity contribution is 0.930. The molecule has 0 spiro atoms. The maximum Gasteiger partial charge on any atom is 0.119 e. The molecule has 0 aliphatic heterocycles. The molecular formula is C18H17N3S. The lowest BCUT2D eigenvalue weighted by Gasteiger charge is -2.05. The fourth-order valence-electron chi connectivity index (χ4n) is 2.20. The molecule has 0 unspecified atom stereocenters. The first kappa shape index (κ1) is 14.7. The van der Waals surface area contributed by atoms with Gasteiger partial charge in [-0.2, -0.15) is 0 Å². The van der Waals surface area contributed by atoms with Crippen LogP contribution in [0.1, 0.15) is 11.1 Å². The van der Waals surface area contributed by atoms with Gasteiger partial charge >= 0.3 is 0 Å². The Morgan fingerprint density at radius 1 is 0.864 bits per heavy atom. The molecule has 0 fully saturated rings. The highest BCUT2D eigenvalue weighted by Gasteiger charge is 2.03. The van der Waals surface area contributed by atoms with Crippen LogP contribution in [0.25, 0.3) is 11.4 Å². The second-order valence-electron chi connectivity index (χ2n) is 5.00. The third-order valence-corrected chi connectivity index (χ3v) is 4.37. The zero-order valence-electron chi connectivity index (χ0n) is 12.4. The molecule has 3 nitrogen and oxygen atoms in total. The first-order valence-electron chi connectivity index (χ1n) is 7.25. The van der Waals surface area contributed by atoms with Gasteiger partial charge in [-0.15, -0.1) is 22.0 Å². The Bertz CT molecular complexity index is 727. The van der Waals surface area contributed by atoms with Crippen molar-refractivity contribution >= 4 is 11.8 Å². The van der Waals surface area contributed by atoms with Gasteiger partial charge in [-0.25, -0.2) is 0 Å². The highest BCUT2D eigenvalue weighted by Crippen LogP contribution is 2.20. The topological polar surface area (TPSA) is 38.7 Å². The smallest absolute Gasteiger partial charge is 0.119 e. The molecule has 3 aromatic rings. The number of nitrogens with zero attached hydrogens (tertiary/aromatic N) is 3. The maximum atomic E-state index is 4.28. The number of rotatable bonds is 5. The standard InChI is InChI=1S/C18H17N3S/c1-14-6-2-3-7-15(14)11-13-22-18-10-9-17(20-21-18)16-8-4-5-12-19-16/h2-10,12H,11,13H2,1H3. The van der Waals surface area contributed by atoms with Crippen molar-refractivity contribution in [2.24, 2.45) is 0 Å². The summed E-state index contributed by atoms with van der Waals surface area (Å²) in [4.78, 5) is 4.28. The van der Waals surface area contributed by atoms with Gasteiger partial charge in [0.25, 0.3) is 0 Å². The van der Waals surface area contributed by atoms with E-state index >= 15 is 0 Å². The zero-order valence-corrected chi connectivity index (χ0v) is 13.3. The number of hydrogen-bond donors (Lipinski definition) is 0. The van der Waals surface area contributed by atoms with Gasteiger partial charge in [0, 0.05) is 11.9 Å². The zero-order chi connectivity index (χ0) is 15.2. The first-order chi connectivity index (χ1) is 10.8. The van der Waals surface area contributed by atoms with Gasteiger partial charge in [-0.1, -0.05) is 30.3 Å². The van der Waals surface area contributed by atoms with E-state index in [1.807, 2.05) is 30.3 Å². The molecular weight excluding hydrogens is 290 g/mol. The Labute approximate surface area is 134 Å². The number of aryl methyl sites for hydroxylation is 2. The second kappa shape index (κ2) is 7.18. The minimum Gasteiger partial charge on any atom is -0.255 e. The molecule has 0 bridgehead atoms. The molecule has 0 atom stereocenters. The Balaban J connectivity index is 1.59. The summed E-state index contributed by atoms with van der Waals surface area (Å²) < 4.78 is 0. The molecule has 0 aliphatic carbocycles. The average molecular weight is 307 g/mol. The van der Waals surface area contributed by atoms with E-state index in [4.69, 9.17) is 0 Å². The van der Waals surface area contributed by atoms with Crippen LogP contribution in [0, 0.1) is 6.92 Å². The van der Waals surface area contributed by atoms with Crippen molar-refractivity contribution in [2.45, 2.75) is 18.4 Å². The highest BCUT2D eigenvalue weighted by atomic mass is 32.2. The van der Waals surface area contributed by atoms with Crippen LogP contribution in [0.2, 0.25) is 0 Å². The predicted molar refractivity (Wildman–Crippen MR) is 90.9 cm³/mol. The molecule has 0 saturated heterocycles. The molecule has 0 N–H and O–H groups in total. The second-order valence-corrected chi connectivity index (χ2v) is 6.11. The van der Waals surface area contributed by atoms with E-state index in [9.17, 15) is 0 Å². The fourth-order valence-corrected chi connectivity index (χ4v) is 3.00. The Kier molecular flexibility index (Phi) is 4.81. The fraction of sp³-hybridized carbons (Fsp3) is 0.167. The van der Waals surface area contributed by atoms with Crippen LogP contribution in [0.15, 0.2) is 65.8 Å². The van der Waals surface area contributed by atoms with Crippen molar-refractivity contribution < 1.29 is 0 Å². The first-order valence-corrected chi connectivity index (χ1v) is 8.24. The normalized spacial score (nSPS) is 10.6. The molecule has 0 radical (unpaired) electrons. The molecule has 2 aromatic heterocycles. The largest absolute Gasteiger partial charge is 0.255 e. The Morgan fingerprint density at radius 2 is 1.73 bits per heavy atom. The van der Waals surface area contributed by atoms with Crippen molar-refractivity contribution in [3.8, 4) is 11.4 Å². The van der Waals surface area contributed by atoms with E-state index in [0.717, 1.165) is 28.6 Å². The molecule has 110 valence electrons. The number of pyridine rings is 1. The van der Waals surface area contributed by atoms with E-state index in [1.54, 1.807) is 18.0 Å². The predicted octanol–water partition coefficient (Wildman–Crippen LogP) is 4.18. The van der Waals surface area contributed by atoms with Crippen LogP contribution >= 0.6 is 11.8 Å². The quantitative estimate of drug-likeness (QED) is 0.663. The molecule has 1 aromatic carbocycles. The molecule has 22 heavy (non-hydrogen) atoms. The van der Waals surface area contributed by atoms with Gasteiger partial charge in [0.05, 0.1) is 5.69 Å². The lowest BCUT2D eigenvalue weighted by Crippen LogP contribution is -1.94. The van der Waals surface area contributed by atoms with Crippen molar-refractivity contribution in [3.63, 3.8) is 0 Å². The van der Waals surface area contributed by atoms with Crippen LogP contribution in [0.4, 0.5) is 0 Å². The van der Waals surface area contributed by atoms with Crippen molar-refractivity contribution in [1.82, 2.24) is 15.2 Å². The number of hydrogen-bond acceptors (Lipinski definition) is 4. The van der Waals surface area contributed by atoms with Crippen molar-refractivity contribution in [3.05, 3.63) is 71.9 Å². The molecule has 2 heterocycles. The van der Waals surface area contributed by atoms with Gasteiger partial charge in [-0.3, -0.25) is 4.98 Å². The highest BCUT2D eigenvalue weighted by molar-refractivity contribution is 7.99. The minimum absolute atomic E-state index is 0.809. The SMILES string of the molecule is Cc1ccccc1CCSc1ccc(-c2ccccn2)nn1. The summed E-state index contributed by atoms with van der Waals surface area (Å²) >= 11 is 1.73. The summed E-state index contributed by atoms with van der Waals surface area (Å²) in [6, 6.07) is 18.3. The van der Waals surface area contributed by atoms with Gasteiger partial charge in [0.15, 0.2) is 0 Å². The molecule has 4 heteroatoms. The molecule has 0 aliphatic rings. The van der Waals surface area contributed by atoms with Crippen LogP contribution in [-0.2, 0) is 6.42 Å². The number of aromatic nitrogens is 3. The summed E-state index contributed by atoms with van der Waals surface area (Å²) in [5.41, 5.74) is 4.41. The average Bonchev–Trinajstić information content (AvgIpc) is 2.58. The molecule has 0 saturated carbocycles. The van der Waals surface area contributed by atoms with Gasteiger partial charge < -0.3 is 0 Å². The molecule has 3 rings (SSSR count). The monoisotopic (exact) mass is 307 g/mol. The summed E-state index contributed by atoms with van der Waals surface area (Å²) in [6.45, 7) is 2.15. The Hall–Kier alpha value is -2.20. The maximum absolute atomic E-state index is 4.28. The lowest BCUT2D eigenvalue weighted by atomic mass is 10.1. The number of thioether (sulfide) groups is 1. The van der Waals surface area contributed by atoms with Crippen molar-refractivity contribution in [2.75, 3.05) is 5.75 Å². The van der Waals surface area contributed by atoms with E-state index in [0.29, 0.717) is 0 Å². The van der Waals surface area contributed by atoms with Crippen LogP contribution in [0.5, 0.6) is 0 Å². The summed E-state index contributed by atoms with van der Waals surface area (Å²) in [5, 5.41) is 9.49. The van der Waals surface area contributed by atoms with E-state index in [1.165, 1.54) is 11.1 Å². The minimum atomic E-state index is 0.809. The summed E-state index contributed by atoms with van der Waals surface area (Å²) in [5.74, 6) is 1.00. The van der Waals surface area contributed by atoms with E-state index in [2.05, 4.69) is 46.4 Å². The summed E-state index contributed by atoms with van der Waals surface area (Å²) in [6.07, 6.45) is 2.81. The third kappa shape index (κ3) is 3.71. The van der Waals surface area contributed by atoms with Crippen LogP contribution < -0.4 is 0 Å². The number of benzene rings is 1. The van der Waals surface area contributed by atoms with Gasteiger partial charge in [-0.05, 0) is 48.7 Å². The van der Waals surface area contributed by atoms with Gasteiger partial charge in [0.2, 0.25) is 0 Å². The summed E-state index contributed by atoms with van der Waals surface area (Å²) in [7, 11) is 0. The molecule has 0 amide bonds. The van der Waals surface area contributed by atoms with Crippen LogP contribution in [0.3, 0.4) is 0 Å².